The van der Waals surface area contributed by atoms with Crippen molar-refractivity contribution >= 4 is 6.21 Å². The van der Waals surface area contributed by atoms with Crippen LogP contribution in [-0.4, -0.2) is 30.7 Å². The summed E-state index contributed by atoms with van der Waals surface area (Å²) in [7, 11) is 2.93. The highest BCUT2D eigenvalue weighted by molar-refractivity contribution is 5.87. The lowest BCUT2D eigenvalue weighted by Crippen LogP contribution is -1.93. The number of aromatic hydroxyl groups is 1. The molecular formula is C9H11NO4. The first kappa shape index (κ1) is 10.2. The molecule has 0 saturated carbocycles. The van der Waals surface area contributed by atoms with Crippen LogP contribution in [0.15, 0.2) is 17.3 Å². The van der Waals surface area contributed by atoms with Gasteiger partial charge in [-0.1, -0.05) is 5.16 Å². The van der Waals surface area contributed by atoms with Crippen LogP contribution in [0, 0.1) is 0 Å². The van der Waals surface area contributed by atoms with Crippen molar-refractivity contribution in [3.05, 3.63) is 17.7 Å². The predicted octanol–water partition coefficient (Wildman–Crippen LogP) is 1.22. The molecule has 1 rings (SSSR count). The fraction of sp³-hybridized carbons (Fsp3) is 0.222. The Kier molecular flexibility index (Phi) is 3.17. The summed E-state index contributed by atoms with van der Waals surface area (Å²) in [6, 6.07) is 2.98. The van der Waals surface area contributed by atoms with E-state index in [2.05, 4.69) is 5.16 Å². The summed E-state index contributed by atoms with van der Waals surface area (Å²) < 4.78 is 9.90. The van der Waals surface area contributed by atoms with Gasteiger partial charge in [-0.25, -0.2) is 0 Å². The van der Waals surface area contributed by atoms with E-state index in [9.17, 15) is 5.11 Å². The minimum absolute atomic E-state index is 0.0704. The van der Waals surface area contributed by atoms with E-state index < -0.39 is 0 Å². The van der Waals surface area contributed by atoms with Gasteiger partial charge in [0.1, 0.15) is 17.2 Å². The lowest BCUT2D eigenvalue weighted by molar-refractivity contribution is 0.321. The second-order valence-electron chi connectivity index (χ2n) is 2.51. The molecule has 0 aliphatic heterocycles. The first-order chi connectivity index (χ1) is 6.72. The Morgan fingerprint density at radius 3 is 2.50 bits per heavy atom. The van der Waals surface area contributed by atoms with Gasteiger partial charge in [0.05, 0.1) is 26.0 Å². The van der Waals surface area contributed by atoms with Crippen LogP contribution < -0.4 is 9.47 Å². The number of methoxy groups -OCH3 is 2. The summed E-state index contributed by atoms with van der Waals surface area (Å²) in [5.74, 6) is 0.771. The van der Waals surface area contributed by atoms with E-state index in [1.54, 1.807) is 6.07 Å². The third-order valence-electron chi connectivity index (χ3n) is 1.74. The number of oxime groups is 1. The van der Waals surface area contributed by atoms with Gasteiger partial charge < -0.3 is 19.8 Å². The van der Waals surface area contributed by atoms with Crippen LogP contribution in [0.25, 0.3) is 0 Å². The molecule has 0 aliphatic rings. The molecule has 0 aliphatic carbocycles. The number of hydrogen-bond donors (Lipinski definition) is 2. The minimum atomic E-state index is -0.0704. The normalized spacial score (nSPS) is 10.4. The van der Waals surface area contributed by atoms with Crippen molar-refractivity contribution in [3.8, 4) is 17.2 Å². The van der Waals surface area contributed by atoms with Gasteiger partial charge in [-0.05, 0) is 0 Å². The Morgan fingerprint density at radius 2 is 2.00 bits per heavy atom. The molecule has 0 unspecified atom stereocenters. The third kappa shape index (κ3) is 1.87. The Morgan fingerprint density at radius 1 is 1.29 bits per heavy atom. The maximum atomic E-state index is 9.50. The van der Waals surface area contributed by atoms with Crippen molar-refractivity contribution in [2.24, 2.45) is 5.16 Å². The fourth-order valence-electron chi connectivity index (χ4n) is 1.06. The average molecular weight is 197 g/mol. The standard InChI is InChI=1S/C9H11NO4/c1-13-6-3-8(11)7(5-10-12)9(4-6)14-2/h3-5,11-12H,1-2H3/b10-5-. The largest absolute Gasteiger partial charge is 0.507 e. The molecule has 1 aromatic rings. The number of benzene rings is 1. The van der Waals surface area contributed by atoms with Gasteiger partial charge in [-0.3, -0.25) is 0 Å². The van der Waals surface area contributed by atoms with Gasteiger partial charge in [0.2, 0.25) is 0 Å². The van der Waals surface area contributed by atoms with E-state index in [1.807, 2.05) is 0 Å². The van der Waals surface area contributed by atoms with Crippen LogP contribution in [0.5, 0.6) is 17.2 Å². The molecule has 0 fully saturated rings. The summed E-state index contributed by atoms with van der Waals surface area (Å²) >= 11 is 0. The van der Waals surface area contributed by atoms with Crippen LogP contribution in [-0.2, 0) is 0 Å². The molecule has 0 atom stereocenters. The minimum Gasteiger partial charge on any atom is -0.507 e. The first-order valence-corrected chi connectivity index (χ1v) is 3.85. The Bertz CT molecular complexity index is 349. The predicted molar refractivity (Wildman–Crippen MR) is 50.6 cm³/mol. The molecule has 0 aromatic heterocycles. The van der Waals surface area contributed by atoms with Crippen LogP contribution in [0.2, 0.25) is 0 Å². The molecular weight excluding hydrogens is 186 g/mol. The topological polar surface area (TPSA) is 71.3 Å². The molecule has 5 nitrogen and oxygen atoms in total. The lowest BCUT2D eigenvalue weighted by Gasteiger charge is -2.08. The van der Waals surface area contributed by atoms with E-state index in [0.717, 1.165) is 6.21 Å². The second-order valence-corrected chi connectivity index (χ2v) is 2.51. The zero-order chi connectivity index (χ0) is 10.6. The third-order valence-corrected chi connectivity index (χ3v) is 1.74. The van der Waals surface area contributed by atoms with Crippen molar-refractivity contribution in [2.45, 2.75) is 0 Å². The molecule has 0 amide bonds. The Balaban J connectivity index is 3.27. The van der Waals surface area contributed by atoms with E-state index in [1.165, 1.54) is 20.3 Å². The van der Waals surface area contributed by atoms with E-state index in [0.29, 0.717) is 17.1 Å². The molecule has 0 saturated heterocycles. The number of rotatable bonds is 3. The van der Waals surface area contributed by atoms with Gasteiger partial charge >= 0.3 is 0 Å². The molecule has 0 heterocycles. The first-order valence-electron chi connectivity index (χ1n) is 3.85. The fourth-order valence-corrected chi connectivity index (χ4v) is 1.06. The van der Waals surface area contributed by atoms with Crippen LogP contribution >= 0.6 is 0 Å². The van der Waals surface area contributed by atoms with Crippen molar-refractivity contribution in [2.75, 3.05) is 14.2 Å². The zero-order valence-corrected chi connectivity index (χ0v) is 7.89. The van der Waals surface area contributed by atoms with Gasteiger partial charge in [0.25, 0.3) is 0 Å². The second kappa shape index (κ2) is 4.36. The van der Waals surface area contributed by atoms with Gasteiger partial charge in [-0.2, -0.15) is 0 Å². The summed E-state index contributed by atoms with van der Waals surface area (Å²) in [4.78, 5) is 0. The zero-order valence-electron chi connectivity index (χ0n) is 7.89. The van der Waals surface area contributed by atoms with Crippen LogP contribution in [0.4, 0.5) is 0 Å². The van der Waals surface area contributed by atoms with Crippen molar-refractivity contribution in [1.29, 1.82) is 0 Å². The molecule has 2 N–H and O–H groups in total. The number of ether oxygens (including phenoxy) is 2. The van der Waals surface area contributed by atoms with Crippen molar-refractivity contribution in [1.82, 2.24) is 0 Å². The number of nitrogens with zero attached hydrogens (tertiary/aromatic N) is 1. The highest BCUT2D eigenvalue weighted by Gasteiger charge is 2.09. The summed E-state index contributed by atoms with van der Waals surface area (Å²) in [5, 5.41) is 20.7. The smallest absolute Gasteiger partial charge is 0.135 e. The Hall–Kier alpha value is -1.91. The van der Waals surface area contributed by atoms with Crippen molar-refractivity contribution in [3.63, 3.8) is 0 Å². The molecule has 0 radical (unpaired) electrons. The lowest BCUT2D eigenvalue weighted by atomic mass is 10.2. The Labute approximate surface area is 81.2 Å². The molecule has 5 heteroatoms. The number of hydrogen-bond acceptors (Lipinski definition) is 5. The molecule has 0 bridgehead atoms. The molecule has 14 heavy (non-hydrogen) atoms. The monoisotopic (exact) mass is 197 g/mol. The number of phenols is 1. The SMILES string of the molecule is COc1cc(O)c(/C=N\O)c(OC)c1. The summed E-state index contributed by atoms with van der Waals surface area (Å²) in [6.07, 6.45) is 1.09. The van der Waals surface area contributed by atoms with E-state index in [4.69, 9.17) is 14.7 Å². The maximum absolute atomic E-state index is 9.50. The van der Waals surface area contributed by atoms with Crippen LogP contribution in [0.3, 0.4) is 0 Å². The summed E-state index contributed by atoms with van der Waals surface area (Å²) in [5.41, 5.74) is 0.302. The number of phenolic OH excluding ortho intramolecular Hbond substituents is 1. The van der Waals surface area contributed by atoms with Gasteiger partial charge in [-0.15, -0.1) is 0 Å². The highest BCUT2D eigenvalue weighted by Crippen LogP contribution is 2.31. The summed E-state index contributed by atoms with van der Waals surface area (Å²) in [6.45, 7) is 0. The highest BCUT2D eigenvalue weighted by atomic mass is 16.5. The van der Waals surface area contributed by atoms with E-state index >= 15 is 0 Å². The average Bonchev–Trinajstić information content (AvgIpc) is 2.20. The molecule has 76 valence electrons. The van der Waals surface area contributed by atoms with Crippen molar-refractivity contribution < 1.29 is 19.8 Å². The van der Waals surface area contributed by atoms with E-state index in [-0.39, 0.29) is 5.75 Å². The quantitative estimate of drug-likeness (QED) is 0.434. The van der Waals surface area contributed by atoms with Gasteiger partial charge in [0, 0.05) is 12.1 Å². The van der Waals surface area contributed by atoms with Crippen LogP contribution in [0.1, 0.15) is 5.56 Å². The van der Waals surface area contributed by atoms with Gasteiger partial charge in [0.15, 0.2) is 0 Å². The maximum Gasteiger partial charge on any atom is 0.135 e. The molecule has 0 spiro atoms. The molecule has 1 aromatic carbocycles.